The van der Waals surface area contributed by atoms with E-state index in [1.54, 1.807) is 12.1 Å². The van der Waals surface area contributed by atoms with Crippen LogP contribution in [0.3, 0.4) is 0 Å². The number of carboxylic acid groups (broad SMARTS) is 1. The van der Waals surface area contributed by atoms with Gasteiger partial charge < -0.3 is 10.2 Å². The van der Waals surface area contributed by atoms with Crippen LogP contribution in [-0.4, -0.2) is 39.1 Å². The van der Waals surface area contributed by atoms with Crippen molar-refractivity contribution in [2.24, 2.45) is 0 Å². The molecule has 1 saturated heterocycles. The molecule has 1 aromatic heterocycles. The molecule has 1 atom stereocenters. The number of hydrogen-bond donors (Lipinski definition) is 3. The van der Waals surface area contributed by atoms with Crippen molar-refractivity contribution in [2.75, 3.05) is 0 Å². The van der Waals surface area contributed by atoms with Crippen LogP contribution in [0.15, 0.2) is 24.4 Å². The molecule has 2 amide bonds. The summed E-state index contributed by atoms with van der Waals surface area (Å²) >= 11 is 0. The molecule has 7 heteroatoms. The predicted octanol–water partition coefficient (Wildman–Crippen LogP) is -0.826. The highest BCUT2D eigenvalue weighted by Gasteiger charge is 2.27. The van der Waals surface area contributed by atoms with Crippen molar-refractivity contribution in [1.29, 1.82) is 0 Å². The molecule has 0 radical (unpaired) electrons. The molecule has 1 aromatic rings. The molecule has 1 unspecified atom stereocenters. The van der Waals surface area contributed by atoms with Gasteiger partial charge in [-0.25, -0.2) is 9.78 Å². The Morgan fingerprint density at radius 2 is 2.12 bits per heavy atom. The summed E-state index contributed by atoms with van der Waals surface area (Å²) in [6.07, 6.45) is 0.255. The Hall–Kier alpha value is -2.28. The highest BCUT2D eigenvalue weighted by Crippen LogP contribution is 1.98. The monoisotopic (exact) mass is 238 g/mol. The number of nitrogens with one attached hydrogen (secondary N) is 1. The topological polar surface area (TPSA) is 117 Å². The van der Waals surface area contributed by atoms with Crippen LogP contribution < -0.4 is 5.32 Å². The first kappa shape index (κ1) is 12.8. The first-order valence-corrected chi connectivity index (χ1v) is 4.67. The van der Waals surface area contributed by atoms with Gasteiger partial charge in [0.25, 0.3) is 5.91 Å². The molecular formula is C10H10N2O5. The molecule has 0 aliphatic carbocycles. The Labute approximate surface area is 96.1 Å². The fraction of sp³-hybridized carbons (Fsp3) is 0.200. The van der Waals surface area contributed by atoms with Crippen molar-refractivity contribution in [2.45, 2.75) is 12.5 Å². The average Bonchev–Trinajstić information content (AvgIpc) is 2.58. The molecule has 1 aliphatic rings. The van der Waals surface area contributed by atoms with Crippen LogP contribution in [0.25, 0.3) is 0 Å². The quantitative estimate of drug-likeness (QED) is 0.550. The number of imide groups is 1. The second kappa shape index (κ2) is 5.71. The Kier molecular flexibility index (Phi) is 4.29. The predicted molar refractivity (Wildman–Crippen MR) is 55.0 cm³/mol. The Bertz CT molecular complexity index is 432. The highest BCUT2D eigenvalue weighted by molar-refractivity contribution is 6.04. The van der Waals surface area contributed by atoms with Crippen LogP contribution in [0.4, 0.5) is 0 Å². The fourth-order valence-electron chi connectivity index (χ4n) is 1.03. The maximum atomic E-state index is 10.2. The van der Waals surface area contributed by atoms with Crippen LogP contribution >= 0.6 is 0 Å². The number of carboxylic acids is 1. The van der Waals surface area contributed by atoms with Gasteiger partial charge in [0.2, 0.25) is 5.91 Å². The second-order valence-corrected chi connectivity index (χ2v) is 3.15. The van der Waals surface area contributed by atoms with Crippen LogP contribution in [0.2, 0.25) is 0 Å². The first-order chi connectivity index (χ1) is 8.00. The average molecular weight is 238 g/mol. The summed E-state index contributed by atoms with van der Waals surface area (Å²) < 4.78 is 0. The fourth-order valence-corrected chi connectivity index (χ4v) is 1.03. The SMILES string of the molecule is O=C(O)c1ccccn1.O=C1CC(O)C(=O)N1. The maximum Gasteiger partial charge on any atom is 0.354 e. The molecule has 1 aliphatic heterocycles. The van der Waals surface area contributed by atoms with Gasteiger partial charge in [0.15, 0.2) is 0 Å². The number of amides is 2. The van der Waals surface area contributed by atoms with E-state index in [1.807, 2.05) is 5.32 Å². The minimum Gasteiger partial charge on any atom is -0.477 e. The molecule has 90 valence electrons. The van der Waals surface area contributed by atoms with Crippen molar-refractivity contribution in [3.8, 4) is 0 Å². The molecule has 17 heavy (non-hydrogen) atoms. The van der Waals surface area contributed by atoms with Gasteiger partial charge in [0.1, 0.15) is 11.8 Å². The summed E-state index contributed by atoms with van der Waals surface area (Å²) in [5.74, 6) is -1.98. The van der Waals surface area contributed by atoms with Crippen molar-refractivity contribution in [1.82, 2.24) is 10.3 Å². The summed E-state index contributed by atoms with van der Waals surface area (Å²) in [5.41, 5.74) is 0.0810. The third kappa shape index (κ3) is 3.99. The molecule has 0 aromatic carbocycles. The lowest BCUT2D eigenvalue weighted by molar-refractivity contribution is -0.127. The van der Waals surface area contributed by atoms with Gasteiger partial charge in [-0.1, -0.05) is 6.07 Å². The van der Waals surface area contributed by atoms with Crippen molar-refractivity contribution < 1.29 is 24.6 Å². The third-order valence-corrected chi connectivity index (χ3v) is 1.83. The van der Waals surface area contributed by atoms with E-state index >= 15 is 0 Å². The summed E-state index contributed by atoms with van der Waals surface area (Å²) in [6.45, 7) is 0. The van der Waals surface area contributed by atoms with Crippen LogP contribution in [0, 0.1) is 0 Å². The summed E-state index contributed by atoms with van der Waals surface area (Å²) in [6, 6.07) is 4.76. The van der Waals surface area contributed by atoms with E-state index in [1.165, 1.54) is 12.3 Å². The summed E-state index contributed by atoms with van der Waals surface area (Å²) in [4.78, 5) is 34.1. The zero-order chi connectivity index (χ0) is 12.8. The number of pyridine rings is 1. The third-order valence-electron chi connectivity index (χ3n) is 1.83. The van der Waals surface area contributed by atoms with E-state index in [-0.39, 0.29) is 12.1 Å². The Morgan fingerprint density at radius 3 is 2.35 bits per heavy atom. The number of carbonyl (C=O) groups excluding carboxylic acids is 2. The van der Waals surface area contributed by atoms with E-state index in [4.69, 9.17) is 10.2 Å². The van der Waals surface area contributed by atoms with Crippen LogP contribution in [-0.2, 0) is 9.59 Å². The molecule has 2 heterocycles. The minimum atomic E-state index is -1.11. The maximum absolute atomic E-state index is 10.2. The van der Waals surface area contributed by atoms with Gasteiger partial charge in [-0.2, -0.15) is 0 Å². The standard InChI is InChI=1S/C6H5NO2.C4H5NO3/c8-6(9)5-3-1-2-4-7-5;6-2-1-3(7)5-4(2)8/h1-4H,(H,8,9);2,6H,1H2,(H,5,7,8). The number of carbonyl (C=O) groups is 3. The Balaban J connectivity index is 0.000000171. The number of hydrogen-bond acceptors (Lipinski definition) is 5. The number of aromatic carboxylic acids is 1. The number of aliphatic hydroxyl groups is 1. The largest absolute Gasteiger partial charge is 0.477 e. The van der Waals surface area contributed by atoms with Gasteiger partial charge in [-0.3, -0.25) is 14.9 Å². The first-order valence-electron chi connectivity index (χ1n) is 4.67. The van der Waals surface area contributed by atoms with E-state index in [0.29, 0.717) is 0 Å². The zero-order valence-electron chi connectivity index (χ0n) is 8.66. The van der Waals surface area contributed by atoms with Gasteiger partial charge in [0.05, 0.1) is 6.42 Å². The van der Waals surface area contributed by atoms with Gasteiger partial charge in [-0.05, 0) is 12.1 Å². The minimum absolute atomic E-state index is 0.0810. The molecule has 2 rings (SSSR count). The zero-order valence-corrected chi connectivity index (χ0v) is 8.66. The molecule has 7 nitrogen and oxygen atoms in total. The number of aromatic nitrogens is 1. The number of nitrogens with zero attached hydrogens (tertiary/aromatic N) is 1. The molecule has 3 N–H and O–H groups in total. The lowest BCUT2D eigenvalue weighted by atomic mass is 10.3. The number of rotatable bonds is 1. The van der Waals surface area contributed by atoms with E-state index in [9.17, 15) is 14.4 Å². The molecule has 0 spiro atoms. The van der Waals surface area contributed by atoms with E-state index in [0.717, 1.165) is 0 Å². The van der Waals surface area contributed by atoms with E-state index < -0.39 is 23.9 Å². The van der Waals surface area contributed by atoms with Crippen LogP contribution in [0.1, 0.15) is 16.9 Å². The number of aliphatic hydroxyl groups excluding tert-OH is 1. The summed E-state index contributed by atoms with van der Waals surface area (Å²) in [7, 11) is 0. The van der Waals surface area contributed by atoms with Crippen molar-refractivity contribution in [3.05, 3.63) is 30.1 Å². The molecule has 0 saturated carbocycles. The van der Waals surface area contributed by atoms with E-state index in [2.05, 4.69) is 4.98 Å². The lowest BCUT2D eigenvalue weighted by Crippen LogP contribution is -2.24. The van der Waals surface area contributed by atoms with Crippen molar-refractivity contribution in [3.63, 3.8) is 0 Å². The molecule has 1 fully saturated rings. The van der Waals surface area contributed by atoms with Gasteiger partial charge >= 0.3 is 5.97 Å². The molecular weight excluding hydrogens is 228 g/mol. The van der Waals surface area contributed by atoms with Crippen molar-refractivity contribution >= 4 is 17.8 Å². The summed E-state index contributed by atoms with van der Waals surface area (Å²) in [5, 5.41) is 18.8. The Morgan fingerprint density at radius 1 is 1.41 bits per heavy atom. The second-order valence-electron chi connectivity index (χ2n) is 3.15. The normalized spacial score (nSPS) is 18.1. The molecule has 0 bridgehead atoms. The van der Waals surface area contributed by atoms with Crippen LogP contribution in [0.5, 0.6) is 0 Å². The lowest BCUT2D eigenvalue weighted by Gasteiger charge is -1.88. The smallest absolute Gasteiger partial charge is 0.354 e. The highest BCUT2D eigenvalue weighted by atomic mass is 16.4. The van der Waals surface area contributed by atoms with Gasteiger partial charge in [0, 0.05) is 6.20 Å². The van der Waals surface area contributed by atoms with Gasteiger partial charge in [-0.15, -0.1) is 0 Å².